The fraction of sp³-hybridized carbons (Fsp3) is 0.375. The van der Waals surface area contributed by atoms with Gasteiger partial charge in [-0.2, -0.15) is 0 Å². The molecule has 2 aromatic rings. The van der Waals surface area contributed by atoms with E-state index in [2.05, 4.69) is 10.3 Å². The summed E-state index contributed by atoms with van der Waals surface area (Å²) in [5.41, 5.74) is 1.88. The molecule has 112 valence electrons. The van der Waals surface area contributed by atoms with Gasteiger partial charge in [-0.15, -0.1) is 11.3 Å². The van der Waals surface area contributed by atoms with Crippen LogP contribution in [0.4, 0.5) is 0 Å². The Kier molecular flexibility index (Phi) is 5.33. The Balaban J connectivity index is 1.81. The molecule has 4 nitrogen and oxygen atoms in total. The monoisotopic (exact) mass is 304 g/mol. The van der Waals surface area contributed by atoms with Gasteiger partial charge in [0.25, 0.3) is 0 Å². The van der Waals surface area contributed by atoms with E-state index < -0.39 is 0 Å². The van der Waals surface area contributed by atoms with E-state index in [1.165, 1.54) is 0 Å². The van der Waals surface area contributed by atoms with Crippen LogP contribution in [0.3, 0.4) is 0 Å². The van der Waals surface area contributed by atoms with Crippen LogP contribution in [0.2, 0.25) is 0 Å². The molecule has 0 unspecified atom stereocenters. The average molecular weight is 304 g/mol. The highest BCUT2D eigenvalue weighted by Crippen LogP contribution is 2.14. The Morgan fingerprint density at radius 3 is 2.62 bits per heavy atom. The van der Waals surface area contributed by atoms with Gasteiger partial charge in [-0.05, 0) is 38.5 Å². The number of amides is 1. The van der Waals surface area contributed by atoms with Crippen molar-refractivity contribution in [3.05, 3.63) is 45.9 Å². The van der Waals surface area contributed by atoms with Crippen LogP contribution in [0.5, 0.6) is 5.75 Å². The molecule has 1 heterocycles. The van der Waals surface area contributed by atoms with Gasteiger partial charge in [-0.3, -0.25) is 4.79 Å². The van der Waals surface area contributed by atoms with Gasteiger partial charge in [-0.1, -0.05) is 12.1 Å². The van der Waals surface area contributed by atoms with Crippen molar-refractivity contribution in [1.29, 1.82) is 0 Å². The quantitative estimate of drug-likeness (QED) is 0.892. The van der Waals surface area contributed by atoms with E-state index in [1.807, 2.05) is 50.4 Å². The van der Waals surface area contributed by atoms with Gasteiger partial charge in [0.1, 0.15) is 5.75 Å². The lowest BCUT2D eigenvalue weighted by molar-refractivity contribution is -0.120. The summed E-state index contributed by atoms with van der Waals surface area (Å²) in [6, 6.07) is 7.77. The second-order valence-electron chi connectivity index (χ2n) is 5.12. The van der Waals surface area contributed by atoms with E-state index in [0.717, 1.165) is 22.0 Å². The van der Waals surface area contributed by atoms with Crippen LogP contribution in [0.15, 0.2) is 29.6 Å². The van der Waals surface area contributed by atoms with Crippen molar-refractivity contribution in [3.8, 4) is 5.75 Å². The summed E-state index contributed by atoms with van der Waals surface area (Å²) in [5, 5.41) is 5.81. The zero-order valence-electron chi connectivity index (χ0n) is 12.6. The van der Waals surface area contributed by atoms with Gasteiger partial charge in [0.05, 0.1) is 23.2 Å². The fourth-order valence-electron chi connectivity index (χ4n) is 1.88. The Morgan fingerprint density at radius 2 is 2.05 bits per heavy atom. The fourth-order valence-corrected chi connectivity index (χ4v) is 2.49. The highest BCUT2D eigenvalue weighted by molar-refractivity contribution is 7.09. The smallest absolute Gasteiger partial charge is 0.226 e. The lowest BCUT2D eigenvalue weighted by Crippen LogP contribution is -2.24. The Bertz CT molecular complexity index is 591. The number of hydrogen-bond donors (Lipinski definition) is 1. The first-order valence-corrected chi connectivity index (χ1v) is 7.84. The molecule has 0 radical (unpaired) electrons. The highest BCUT2D eigenvalue weighted by atomic mass is 32.1. The first-order valence-electron chi connectivity index (χ1n) is 6.96. The SMILES string of the molecule is Cc1nc(CC(=O)NCc2ccc(OC(C)C)cc2)cs1. The molecular formula is C16H20N2O2S. The van der Waals surface area contributed by atoms with E-state index in [0.29, 0.717) is 13.0 Å². The normalized spacial score (nSPS) is 10.7. The number of aromatic nitrogens is 1. The van der Waals surface area contributed by atoms with Crippen LogP contribution in [-0.2, 0) is 17.8 Å². The van der Waals surface area contributed by atoms with Crippen LogP contribution < -0.4 is 10.1 Å². The summed E-state index contributed by atoms with van der Waals surface area (Å²) >= 11 is 1.56. The molecule has 1 aromatic heterocycles. The highest BCUT2D eigenvalue weighted by Gasteiger charge is 2.06. The molecule has 0 saturated heterocycles. The number of aryl methyl sites for hydroxylation is 1. The lowest BCUT2D eigenvalue weighted by Gasteiger charge is -2.10. The average Bonchev–Trinajstić information content (AvgIpc) is 2.83. The van der Waals surface area contributed by atoms with Crippen LogP contribution in [-0.4, -0.2) is 17.0 Å². The Morgan fingerprint density at radius 1 is 1.33 bits per heavy atom. The third kappa shape index (κ3) is 5.19. The molecule has 1 aromatic carbocycles. The van der Waals surface area contributed by atoms with Crippen LogP contribution in [0.25, 0.3) is 0 Å². The molecule has 0 spiro atoms. The van der Waals surface area contributed by atoms with Gasteiger partial charge in [-0.25, -0.2) is 4.98 Å². The zero-order valence-corrected chi connectivity index (χ0v) is 13.4. The minimum absolute atomic E-state index is 0.0113. The Hall–Kier alpha value is -1.88. The van der Waals surface area contributed by atoms with Gasteiger partial charge in [0.2, 0.25) is 5.91 Å². The van der Waals surface area contributed by atoms with E-state index in [4.69, 9.17) is 4.74 Å². The zero-order chi connectivity index (χ0) is 15.2. The predicted octanol–water partition coefficient (Wildman–Crippen LogP) is 3.10. The van der Waals surface area contributed by atoms with Crippen molar-refractivity contribution in [2.45, 2.75) is 39.8 Å². The van der Waals surface area contributed by atoms with E-state index in [-0.39, 0.29) is 12.0 Å². The standard InChI is InChI=1S/C16H20N2O2S/c1-11(2)20-15-6-4-13(5-7-15)9-17-16(19)8-14-10-21-12(3)18-14/h4-7,10-11H,8-9H2,1-3H3,(H,17,19). The topological polar surface area (TPSA) is 51.2 Å². The predicted molar refractivity (Wildman–Crippen MR) is 84.6 cm³/mol. The van der Waals surface area contributed by atoms with Crippen LogP contribution in [0.1, 0.15) is 30.1 Å². The van der Waals surface area contributed by atoms with E-state index in [1.54, 1.807) is 11.3 Å². The minimum Gasteiger partial charge on any atom is -0.491 e. The van der Waals surface area contributed by atoms with Gasteiger partial charge in [0.15, 0.2) is 0 Å². The molecule has 1 amide bonds. The summed E-state index contributed by atoms with van der Waals surface area (Å²) < 4.78 is 5.58. The number of nitrogens with zero attached hydrogens (tertiary/aromatic N) is 1. The molecule has 2 rings (SSSR count). The minimum atomic E-state index is -0.0113. The van der Waals surface area contributed by atoms with Crippen molar-refractivity contribution in [3.63, 3.8) is 0 Å². The molecule has 1 N–H and O–H groups in total. The molecule has 0 saturated carbocycles. The summed E-state index contributed by atoms with van der Waals surface area (Å²) in [6.45, 7) is 6.44. The second-order valence-corrected chi connectivity index (χ2v) is 6.18. The molecule has 0 aliphatic carbocycles. The number of hydrogen-bond acceptors (Lipinski definition) is 4. The lowest BCUT2D eigenvalue weighted by atomic mass is 10.2. The first kappa shape index (κ1) is 15.5. The van der Waals surface area contributed by atoms with Crippen molar-refractivity contribution in [2.24, 2.45) is 0 Å². The molecule has 21 heavy (non-hydrogen) atoms. The molecular weight excluding hydrogens is 284 g/mol. The summed E-state index contributed by atoms with van der Waals surface area (Å²) in [5.74, 6) is 0.834. The molecule has 0 bridgehead atoms. The number of carbonyl (C=O) groups is 1. The number of rotatable bonds is 6. The van der Waals surface area contributed by atoms with Gasteiger partial charge >= 0.3 is 0 Å². The molecule has 0 fully saturated rings. The van der Waals surface area contributed by atoms with Gasteiger partial charge < -0.3 is 10.1 Å². The van der Waals surface area contributed by atoms with Crippen molar-refractivity contribution in [2.75, 3.05) is 0 Å². The van der Waals surface area contributed by atoms with Crippen molar-refractivity contribution >= 4 is 17.2 Å². The first-order chi connectivity index (χ1) is 10.0. The number of nitrogens with one attached hydrogen (secondary N) is 1. The third-order valence-electron chi connectivity index (χ3n) is 2.79. The Labute approximate surface area is 129 Å². The number of carbonyl (C=O) groups excluding carboxylic acids is 1. The van der Waals surface area contributed by atoms with E-state index >= 15 is 0 Å². The number of thiazole rings is 1. The van der Waals surface area contributed by atoms with Crippen LogP contribution in [0, 0.1) is 6.92 Å². The maximum atomic E-state index is 11.8. The molecule has 0 aliphatic heterocycles. The van der Waals surface area contributed by atoms with E-state index in [9.17, 15) is 4.79 Å². The number of ether oxygens (including phenoxy) is 1. The van der Waals surface area contributed by atoms with Crippen molar-refractivity contribution in [1.82, 2.24) is 10.3 Å². The summed E-state index contributed by atoms with van der Waals surface area (Å²) in [6.07, 6.45) is 0.496. The molecule has 5 heteroatoms. The maximum Gasteiger partial charge on any atom is 0.226 e. The maximum absolute atomic E-state index is 11.8. The second kappa shape index (κ2) is 7.22. The number of benzene rings is 1. The summed E-state index contributed by atoms with van der Waals surface area (Å²) in [7, 11) is 0. The van der Waals surface area contributed by atoms with Crippen molar-refractivity contribution < 1.29 is 9.53 Å². The third-order valence-corrected chi connectivity index (χ3v) is 3.62. The molecule has 0 aliphatic rings. The van der Waals surface area contributed by atoms with Crippen LogP contribution >= 0.6 is 11.3 Å². The summed E-state index contributed by atoms with van der Waals surface area (Å²) in [4.78, 5) is 16.1. The molecule has 0 atom stereocenters. The largest absolute Gasteiger partial charge is 0.491 e. The van der Waals surface area contributed by atoms with Gasteiger partial charge in [0, 0.05) is 11.9 Å².